The van der Waals surface area contributed by atoms with Gasteiger partial charge in [0.1, 0.15) is 0 Å². The number of carbonyl (C=O) groups is 1. The molecule has 0 spiro atoms. The molecule has 1 saturated carbocycles. The molecule has 0 aromatic rings. The molecule has 4 heteroatoms. The maximum Gasteiger partial charge on any atom is 0.227 e. The molecule has 0 saturated heterocycles. The molecule has 0 heterocycles. The minimum atomic E-state index is -0.547. The lowest BCUT2D eigenvalue weighted by Gasteiger charge is -2.41. The van der Waals surface area contributed by atoms with Crippen LogP contribution in [-0.4, -0.2) is 29.7 Å². The van der Waals surface area contributed by atoms with Gasteiger partial charge in [-0.3, -0.25) is 4.79 Å². The fraction of sp³-hybridized carbons (Fsp3) is 0.900. The van der Waals surface area contributed by atoms with E-state index in [-0.39, 0.29) is 17.9 Å². The van der Waals surface area contributed by atoms with E-state index in [1.165, 1.54) is 0 Å². The third-order valence-electron chi connectivity index (χ3n) is 3.03. The summed E-state index contributed by atoms with van der Waals surface area (Å²) in [5.74, 6) is -0.00898. The van der Waals surface area contributed by atoms with Crippen molar-refractivity contribution < 1.29 is 9.90 Å². The summed E-state index contributed by atoms with van der Waals surface area (Å²) in [6, 6.07) is 0. The summed E-state index contributed by atoms with van der Waals surface area (Å²) in [6.45, 7) is 3.95. The Morgan fingerprint density at radius 3 is 2.43 bits per heavy atom. The van der Waals surface area contributed by atoms with Gasteiger partial charge < -0.3 is 16.2 Å². The van der Waals surface area contributed by atoms with Crippen molar-refractivity contribution >= 4 is 5.91 Å². The molecule has 82 valence electrons. The fourth-order valence-corrected chi connectivity index (χ4v) is 1.61. The number of aliphatic hydroxyl groups is 1. The van der Waals surface area contributed by atoms with Gasteiger partial charge in [-0.25, -0.2) is 0 Å². The van der Waals surface area contributed by atoms with Gasteiger partial charge in [-0.1, -0.05) is 6.42 Å². The van der Waals surface area contributed by atoms with E-state index in [4.69, 9.17) is 10.8 Å². The van der Waals surface area contributed by atoms with Crippen molar-refractivity contribution in [3.05, 3.63) is 0 Å². The van der Waals surface area contributed by atoms with Gasteiger partial charge >= 0.3 is 0 Å². The smallest absolute Gasteiger partial charge is 0.227 e. The molecule has 0 unspecified atom stereocenters. The summed E-state index contributed by atoms with van der Waals surface area (Å²) in [4.78, 5) is 11.9. The van der Waals surface area contributed by atoms with Crippen LogP contribution in [0.3, 0.4) is 0 Å². The molecule has 0 aliphatic heterocycles. The van der Waals surface area contributed by atoms with Crippen LogP contribution in [0.2, 0.25) is 0 Å². The van der Waals surface area contributed by atoms with E-state index in [0.29, 0.717) is 6.54 Å². The highest BCUT2D eigenvalue weighted by atomic mass is 16.3. The zero-order chi connectivity index (χ0) is 10.8. The molecule has 0 aromatic heterocycles. The average Bonchev–Trinajstić information content (AvgIpc) is 2.02. The Bertz CT molecular complexity index is 217. The second kappa shape index (κ2) is 3.87. The van der Waals surface area contributed by atoms with Crippen LogP contribution in [0, 0.1) is 5.41 Å². The topological polar surface area (TPSA) is 75.3 Å². The lowest BCUT2D eigenvalue weighted by molar-refractivity contribution is -0.137. The minimum Gasteiger partial charge on any atom is -0.394 e. The Kier molecular flexibility index (Phi) is 3.17. The van der Waals surface area contributed by atoms with E-state index in [9.17, 15) is 4.79 Å². The lowest BCUT2D eigenvalue weighted by atomic mass is 9.68. The Balaban J connectivity index is 2.57. The van der Waals surface area contributed by atoms with Crippen LogP contribution >= 0.6 is 0 Å². The standard InChI is InChI=1S/C10H20N2O2/c1-9(2,7-13)12-8(14)10(6-11)4-3-5-10/h13H,3-7,11H2,1-2H3,(H,12,14). The van der Waals surface area contributed by atoms with Crippen molar-refractivity contribution in [1.29, 1.82) is 0 Å². The van der Waals surface area contributed by atoms with Gasteiger partial charge in [0.15, 0.2) is 0 Å². The Morgan fingerprint density at radius 2 is 2.14 bits per heavy atom. The van der Waals surface area contributed by atoms with E-state index in [1.807, 2.05) is 0 Å². The molecule has 0 aromatic carbocycles. The third-order valence-corrected chi connectivity index (χ3v) is 3.03. The van der Waals surface area contributed by atoms with E-state index in [1.54, 1.807) is 13.8 Å². The summed E-state index contributed by atoms with van der Waals surface area (Å²) >= 11 is 0. The molecule has 14 heavy (non-hydrogen) atoms. The zero-order valence-electron chi connectivity index (χ0n) is 8.97. The van der Waals surface area contributed by atoms with Gasteiger partial charge in [0.25, 0.3) is 0 Å². The molecule has 1 amide bonds. The lowest BCUT2D eigenvalue weighted by Crippen LogP contribution is -2.57. The molecule has 4 nitrogen and oxygen atoms in total. The zero-order valence-corrected chi connectivity index (χ0v) is 8.97. The van der Waals surface area contributed by atoms with E-state index >= 15 is 0 Å². The van der Waals surface area contributed by atoms with E-state index in [2.05, 4.69) is 5.32 Å². The fourth-order valence-electron chi connectivity index (χ4n) is 1.61. The van der Waals surface area contributed by atoms with Crippen molar-refractivity contribution in [2.24, 2.45) is 11.1 Å². The SMILES string of the molecule is CC(C)(CO)NC(=O)C1(CN)CCC1. The van der Waals surface area contributed by atoms with Crippen LogP contribution in [0.5, 0.6) is 0 Å². The highest BCUT2D eigenvalue weighted by Crippen LogP contribution is 2.40. The van der Waals surface area contributed by atoms with Crippen molar-refractivity contribution in [1.82, 2.24) is 5.32 Å². The van der Waals surface area contributed by atoms with Crippen molar-refractivity contribution in [3.63, 3.8) is 0 Å². The maximum atomic E-state index is 11.9. The predicted molar refractivity (Wildman–Crippen MR) is 54.6 cm³/mol. The Hall–Kier alpha value is -0.610. The van der Waals surface area contributed by atoms with Gasteiger partial charge in [-0.2, -0.15) is 0 Å². The number of carbonyl (C=O) groups excluding carboxylic acids is 1. The Morgan fingerprint density at radius 1 is 1.57 bits per heavy atom. The van der Waals surface area contributed by atoms with E-state index < -0.39 is 5.54 Å². The third kappa shape index (κ3) is 2.07. The number of hydrogen-bond acceptors (Lipinski definition) is 3. The Labute approximate surface area is 84.9 Å². The van der Waals surface area contributed by atoms with Crippen LogP contribution in [0.1, 0.15) is 33.1 Å². The van der Waals surface area contributed by atoms with Crippen molar-refractivity contribution in [3.8, 4) is 0 Å². The molecule has 1 aliphatic rings. The first-order valence-corrected chi connectivity index (χ1v) is 5.09. The van der Waals surface area contributed by atoms with Crippen LogP contribution in [0.15, 0.2) is 0 Å². The van der Waals surface area contributed by atoms with Gasteiger partial charge in [-0.15, -0.1) is 0 Å². The summed E-state index contributed by atoms with van der Waals surface area (Å²) in [7, 11) is 0. The molecular weight excluding hydrogens is 180 g/mol. The first-order valence-electron chi connectivity index (χ1n) is 5.09. The van der Waals surface area contributed by atoms with Crippen LogP contribution in [0.25, 0.3) is 0 Å². The molecule has 0 radical (unpaired) electrons. The molecule has 1 aliphatic carbocycles. The van der Waals surface area contributed by atoms with Crippen LogP contribution < -0.4 is 11.1 Å². The molecule has 4 N–H and O–H groups in total. The highest BCUT2D eigenvalue weighted by molar-refractivity contribution is 5.84. The predicted octanol–water partition coefficient (Wildman–Crippen LogP) is 0.00250. The molecular formula is C10H20N2O2. The highest BCUT2D eigenvalue weighted by Gasteiger charge is 2.44. The summed E-state index contributed by atoms with van der Waals surface area (Å²) in [6.07, 6.45) is 2.82. The summed E-state index contributed by atoms with van der Waals surface area (Å²) in [5, 5.41) is 11.9. The summed E-state index contributed by atoms with van der Waals surface area (Å²) in [5.41, 5.74) is 4.71. The number of aliphatic hydroxyl groups excluding tert-OH is 1. The van der Waals surface area contributed by atoms with E-state index in [0.717, 1.165) is 19.3 Å². The van der Waals surface area contributed by atoms with Gasteiger partial charge in [0, 0.05) is 6.54 Å². The first-order chi connectivity index (χ1) is 6.46. The van der Waals surface area contributed by atoms with Crippen LogP contribution in [0.4, 0.5) is 0 Å². The van der Waals surface area contributed by atoms with Crippen molar-refractivity contribution in [2.45, 2.75) is 38.6 Å². The number of nitrogens with one attached hydrogen (secondary N) is 1. The van der Waals surface area contributed by atoms with Gasteiger partial charge in [0.2, 0.25) is 5.91 Å². The van der Waals surface area contributed by atoms with Crippen LogP contribution in [-0.2, 0) is 4.79 Å². The summed E-state index contributed by atoms with van der Waals surface area (Å²) < 4.78 is 0. The molecule has 1 fully saturated rings. The second-order valence-corrected chi connectivity index (χ2v) is 4.83. The monoisotopic (exact) mass is 200 g/mol. The number of rotatable bonds is 4. The van der Waals surface area contributed by atoms with Crippen molar-refractivity contribution in [2.75, 3.05) is 13.2 Å². The molecule has 0 atom stereocenters. The molecule has 0 bridgehead atoms. The largest absolute Gasteiger partial charge is 0.394 e. The average molecular weight is 200 g/mol. The molecule has 1 rings (SSSR count). The maximum absolute atomic E-state index is 11.9. The second-order valence-electron chi connectivity index (χ2n) is 4.83. The normalized spacial score (nSPS) is 20.0. The minimum absolute atomic E-state index is 0.00898. The number of hydrogen-bond donors (Lipinski definition) is 3. The van der Waals surface area contributed by atoms with Gasteiger partial charge in [0.05, 0.1) is 17.6 Å². The number of amides is 1. The van der Waals surface area contributed by atoms with Gasteiger partial charge in [-0.05, 0) is 26.7 Å². The quantitative estimate of drug-likeness (QED) is 0.598. The number of nitrogens with two attached hydrogens (primary N) is 1. The first kappa shape index (κ1) is 11.5.